The van der Waals surface area contributed by atoms with Crippen LogP contribution in [0.5, 0.6) is 28.7 Å². The number of carbonyl (C=O) groups is 2. The van der Waals surface area contributed by atoms with E-state index in [2.05, 4.69) is 47.5 Å². The Morgan fingerprint density at radius 2 is 1.40 bits per heavy atom. The van der Waals surface area contributed by atoms with E-state index in [0.29, 0.717) is 59.5 Å². The fourth-order valence-corrected chi connectivity index (χ4v) is 8.48. The second-order valence-corrected chi connectivity index (χ2v) is 16.7. The van der Waals surface area contributed by atoms with Crippen LogP contribution in [0.15, 0.2) is 156 Å². The van der Waals surface area contributed by atoms with Crippen LogP contribution in [0.3, 0.4) is 0 Å². The number of aryl methyl sites for hydroxylation is 1. The summed E-state index contributed by atoms with van der Waals surface area (Å²) in [5, 5.41) is 5.07. The number of aromatic nitrogens is 1. The molecule has 1 aliphatic carbocycles. The summed E-state index contributed by atoms with van der Waals surface area (Å²) in [6.07, 6.45) is 2.07. The zero-order valence-electron chi connectivity index (χ0n) is 38.0. The lowest BCUT2D eigenvalue weighted by Crippen LogP contribution is -2.31. The number of benzene rings is 7. The third-order valence-corrected chi connectivity index (χ3v) is 12.0. The van der Waals surface area contributed by atoms with E-state index in [1.165, 1.54) is 6.08 Å². The summed E-state index contributed by atoms with van der Waals surface area (Å²) in [6, 6.07) is 44.5. The number of ketones is 2. The van der Waals surface area contributed by atoms with Crippen LogP contribution in [0.1, 0.15) is 73.8 Å². The number of nitrogens with one attached hydrogen (secondary N) is 1. The Balaban J connectivity index is 0.809. The molecule has 8 aromatic rings. The van der Waals surface area contributed by atoms with Gasteiger partial charge in [-0.2, -0.15) is 0 Å². The molecule has 1 atom stereocenters. The molecule has 0 spiro atoms. The van der Waals surface area contributed by atoms with Crippen LogP contribution in [0.25, 0.3) is 33.2 Å². The Bertz CT molecular complexity index is 3370. The van der Waals surface area contributed by atoms with Crippen LogP contribution >= 0.6 is 0 Å². The van der Waals surface area contributed by atoms with E-state index >= 15 is 0 Å². The molecule has 10 nitrogen and oxygen atoms in total. The van der Waals surface area contributed by atoms with E-state index in [4.69, 9.17) is 33.1 Å². The maximum atomic E-state index is 12.9. The van der Waals surface area contributed by atoms with Gasteiger partial charge >= 0.3 is 0 Å². The fraction of sp³-hybridized carbons (Fsp3) is 0.155. The van der Waals surface area contributed by atoms with Gasteiger partial charge in [0, 0.05) is 80.8 Å². The molecule has 2 heterocycles. The first kappa shape index (κ1) is 43.3. The van der Waals surface area contributed by atoms with E-state index in [-0.39, 0.29) is 24.1 Å². The van der Waals surface area contributed by atoms with Gasteiger partial charge in [0.05, 0.1) is 26.5 Å². The number of hydrogen-bond donors (Lipinski definition) is 1. The van der Waals surface area contributed by atoms with Gasteiger partial charge in [-0.25, -0.2) is 4.98 Å². The molecule has 0 amide bonds. The summed E-state index contributed by atoms with van der Waals surface area (Å²) in [7, 11) is 3.30. The summed E-state index contributed by atoms with van der Waals surface area (Å²) in [5.74, 6) is 11.2. The number of methoxy groups -OCH3 is 2. The largest absolute Gasteiger partial charge is 0.497 e. The molecular formula is C58H46N2O8. The molecule has 10 heteroatoms. The second-order valence-electron chi connectivity index (χ2n) is 16.7. The van der Waals surface area contributed by atoms with E-state index in [1.54, 1.807) is 38.5 Å². The van der Waals surface area contributed by atoms with Crippen LogP contribution in [0.2, 0.25) is 0 Å². The monoisotopic (exact) mass is 898 g/mol. The number of Topliss-reactive ketones (excluding diaryl/α,β-unsaturated/α-hetero) is 1. The zero-order valence-corrected chi connectivity index (χ0v) is 38.0. The average Bonchev–Trinajstić information content (AvgIpc) is 3.81. The van der Waals surface area contributed by atoms with E-state index in [1.807, 2.05) is 98.8 Å². The minimum absolute atomic E-state index is 0.0633. The minimum Gasteiger partial charge on any atom is -0.497 e. The van der Waals surface area contributed by atoms with E-state index in [0.717, 1.165) is 78.1 Å². The van der Waals surface area contributed by atoms with Crippen LogP contribution in [0.4, 0.5) is 0 Å². The van der Waals surface area contributed by atoms with Gasteiger partial charge in [0.2, 0.25) is 5.78 Å². The molecule has 1 aliphatic heterocycles. The highest BCUT2D eigenvalue weighted by molar-refractivity contribution is 6.24. The number of hydrogen-bond acceptors (Lipinski definition) is 10. The van der Waals surface area contributed by atoms with E-state index in [9.17, 15) is 9.59 Å². The maximum absolute atomic E-state index is 12.9. The van der Waals surface area contributed by atoms with Crippen molar-refractivity contribution in [3.63, 3.8) is 0 Å². The van der Waals surface area contributed by atoms with Gasteiger partial charge in [0.15, 0.2) is 17.3 Å². The van der Waals surface area contributed by atoms with Crippen LogP contribution in [0, 0.1) is 17.8 Å². The Morgan fingerprint density at radius 1 is 0.706 bits per heavy atom. The summed E-state index contributed by atoms with van der Waals surface area (Å²) in [5.41, 5.74) is 9.03. The summed E-state index contributed by atoms with van der Waals surface area (Å²) >= 11 is 0. The molecule has 68 heavy (non-hydrogen) atoms. The van der Waals surface area contributed by atoms with Gasteiger partial charge in [-0.3, -0.25) is 9.59 Å². The highest BCUT2D eigenvalue weighted by Crippen LogP contribution is 2.48. The molecule has 1 unspecified atom stereocenters. The molecule has 0 saturated carbocycles. The van der Waals surface area contributed by atoms with Crippen molar-refractivity contribution in [1.82, 2.24) is 10.3 Å². The molecule has 10 rings (SSSR count). The molecule has 0 saturated heterocycles. The van der Waals surface area contributed by atoms with E-state index < -0.39 is 0 Å². The number of rotatable bonds is 14. The predicted molar refractivity (Wildman–Crippen MR) is 262 cm³/mol. The highest BCUT2D eigenvalue weighted by atomic mass is 16.5. The Kier molecular flexibility index (Phi) is 11.9. The van der Waals surface area contributed by atoms with Crippen molar-refractivity contribution in [3.8, 4) is 40.6 Å². The van der Waals surface area contributed by atoms with Gasteiger partial charge < -0.3 is 33.4 Å². The summed E-state index contributed by atoms with van der Waals surface area (Å²) in [4.78, 5) is 30.1. The van der Waals surface area contributed by atoms with Gasteiger partial charge in [-0.15, -0.1) is 0 Å². The fourth-order valence-electron chi connectivity index (χ4n) is 8.48. The Hall–Kier alpha value is -8.55. The summed E-state index contributed by atoms with van der Waals surface area (Å²) in [6.45, 7) is 5.21. The van der Waals surface area contributed by atoms with Crippen molar-refractivity contribution in [2.75, 3.05) is 27.4 Å². The van der Waals surface area contributed by atoms with Crippen molar-refractivity contribution in [3.05, 3.63) is 202 Å². The molecule has 1 N–H and O–H groups in total. The second kappa shape index (κ2) is 18.7. The number of nitrogens with zero attached hydrogens (tertiary/aromatic N) is 1. The Morgan fingerprint density at radius 3 is 2.16 bits per heavy atom. The number of allylic oxidation sites excluding steroid dienone is 2. The molecular weight excluding hydrogens is 853 g/mol. The number of ether oxygens (including phenoxy) is 5. The molecule has 0 fully saturated rings. The van der Waals surface area contributed by atoms with Gasteiger partial charge in [0.25, 0.3) is 0 Å². The first-order valence-electron chi connectivity index (χ1n) is 22.5. The van der Waals surface area contributed by atoms with Crippen LogP contribution in [-0.2, 0) is 13.0 Å². The van der Waals surface area contributed by atoms with Crippen molar-refractivity contribution in [2.45, 2.75) is 26.9 Å². The van der Waals surface area contributed by atoms with Crippen molar-refractivity contribution in [1.29, 1.82) is 0 Å². The highest BCUT2D eigenvalue weighted by Gasteiger charge is 2.28. The molecule has 336 valence electrons. The third kappa shape index (κ3) is 8.65. The topological polar surface area (TPSA) is 118 Å². The van der Waals surface area contributed by atoms with Crippen molar-refractivity contribution < 1.29 is 37.7 Å². The lowest BCUT2D eigenvalue weighted by Gasteiger charge is -2.25. The average molecular weight is 899 g/mol. The molecule has 1 aromatic heterocycles. The predicted octanol–water partition coefficient (Wildman–Crippen LogP) is 11.4. The van der Waals surface area contributed by atoms with Crippen LogP contribution in [-0.4, -0.2) is 43.9 Å². The number of carbonyl (C=O) groups excluding carboxylic acids is 2. The smallest absolute Gasteiger partial charge is 0.209 e. The maximum Gasteiger partial charge on any atom is 0.209 e. The first-order valence-corrected chi connectivity index (χ1v) is 22.5. The zero-order chi connectivity index (χ0) is 46.7. The molecule has 0 bridgehead atoms. The van der Waals surface area contributed by atoms with Crippen molar-refractivity contribution in [2.24, 2.45) is 5.92 Å². The Labute approximate surface area is 393 Å². The first-order chi connectivity index (χ1) is 33.3. The SMILES string of the molecule is CCc1nc2cc3c4c(cccc4c2o1)C(c1ccc(OCc2cc(C#Cc4ccc(OCC(C)CNC5=CC(=O)c6ccccc6C5=O)cc4)ccc2OC)cc1)=C(c1ccc(OC)cc1)O3. The lowest BCUT2D eigenvalue weighted by atomic mass is 9.88. The van der Waals surface area contributed by atoms with Gasteiger partial charge in [-0.1, -0.05) is 80.3 Å². The number of fused-ring (bicyclic) bond motifs is 3. The van der Waals surface area contributed by atoms with Gasteiger partial charge in [0.1, 0.15) is 46.6 Å². The standard InChI is InChI=1S/C58H46N2O8/c1-5-53-60-49-31-52-55-46(11-8-12-47(55)58(49)68-53)54(57(67-52)39-20-24-41(63-3)25-21-39)38-18-26-43(27-19-38)66-34-40-29-37(17-28-51(40)64-4)14-13-36-15-22-42(23-16-36)65-33-35(2)32-59-48-30-50(61)44-9-6-7-10-45(44)56(48)62/h6-12,15-31,35,59H,5,32-34H2,1-4H3. The van der Waals surface area contributed by atoms with Gasteiger partial charge in [-0.05, 0) is 90.0 Å². The van der Waals surface area contributed by atoms with Crippen molar-refractivity contribution >= 4 is 44.8 Å². The minimum atomic E-state index is -0.178. The lowest BCUT2D eigenvalue weighted by molar-refractivity contribution is 0.0977. The number of oxazole rings is 1. The molecule has 0 radical (unpaired) electrons. The summed E-state index contributed by atoms with van der Waals surface area (Å²) < 4.78 is 36.7. The molecule has 7 aromatic carbocycles. The van der Waals surface area contributed by atoms with Crippen LogP contribution < -0.4 is 29.0 Å². The third-order valence-electron chi connectivity index (χ3n) is 12.0. The quantitative estimate of drug-likeness (QED) is 0.106. The molecule has 2 aliphatic rings. The normalized spacial score (nSPS) is 13.3.